The van der Waals surface area contributed by atoms with Crippen LogP contribution in [-0.4, -0.2) is 74.0 Å². The molecule has 0 radical (unpaired) electrons. The van der Waals surface area contributed by atoms with Crippen LogP contribution in [0.25, 0.3) is 10.9 Å². The number of ether oxygens (including phenoxy) is 4. The van der Waals surface area contributed by atoms with Crippen molar-refractivity contribution in [3.63, 3.8) is 0 Å². The fourth-order valence-electron chi connectivity index (χ4n) is 4.66. The van der Waals surface area contributed by atoms with E-state index < -0.39 is 12.2 Å². The second-order valence-corrected chi connectivity index (χ2v) is 9.64. The quantitative estimate of drug-likeness (QED) is 0.325. The van der Waals surface area contributed by atoms with Crippen molar-refractivity contribution in [2.45, 2.75) is 38.6 Å². The number of rotatable bonds is 11. The van der Waals surface area contributed by atoms with Crippen molar-refractivity contribution in [3.05, 3.63) is 58.9 Å². The molecule has 3 heterocycles. The van der Waals surface area contributed by atoms with Gasteiger partial charge in [0.25, 0.3) is 5.91 Å². The normalized spacial score (nSPS) is 14.3. The molecule has 0 aliphatic carbocycles. The highest BCUT2D eigenvalue weighted by Crippen LogP contribution is 2.28. The Hall–Kier alpha value is -4.31. The predicted octanol–water partition coefficient (Wildman–Crippen LogP) is 4.22. The van der Waals surface area contributed by atoms with E-state index in [-0.39, 0.29) is 24.5 Å². The predicted molar refractivity (Wildman–Crippen MR) is 151 cm³/mol. The number of benzene rings is 1. The molecule has 2 N–H and O–H groups in total. The van der Waals surface area contributed by atoms with E-state index in [1.807, 2.05) is 19.1 Å². The lowest BCUT2D eigenvalue weighted by Crippen LogP contribution is -2.31. The minimum atomic E-state index is -0.823. The number of para-hydroxylation sites is 1. The van der Waals surface area contributed by atoms with Gasteiger partial charge >= 0.3 is 6.09 Å². The average molecular weight is 563 g/mol. The number of methoxy groups -OCH3 is 3. The van der Waals surface area contributed by atoms with Crippen LogP contribution in [0.15, 0.2) is 36.5 Å². The maximum absolute atomic E-state index is 13.5. The third-order valence-electron chi connectivity index (χ3n) is 6.61. The average Bonchev–Trinajstić information content (AvgIpc) is 3.17. The molecule has 4 rings (SSSR count). The SMILES string of the molecule is COC[C@H](C)Nc1cc(NC(=O)c2cccc3cc(CN4CCCCOC4=O)c(C(OC)OC)nc23)ncc1C#N. The number of nitriles is 1. The Morgan fingerprint density at radius 1 is 1.22 bits per heavy atom. The Morgan fingerprint density at radius 2 is 2.02 bits per heavy atom. The first-order valence-electron chi connectivity index (χ1n) is 13.2. The highest BCUT2D eigenvalue weighted by atomic mass is 16.7. The molecule has 12 heteroatoms. The zero-order valence-corrected chi connectivity index (χ0v) is 23.6. The molecule has 1 fully saturated rings. The van der Waals surface area contributed by atoms with Crippen molar-refractivity contribution in [3.8, 4) is 6.07 Å². The Balaban J connectivity index is 1.68. The van der Waals surface area contributed by atoms with Gasteiger partial charge in [0.05, 0.1) is 42.1 Å². The van der Waals surface area contributed by atoms with Crippen LogP contribution in [0.3, 0.4) is 0 Å². The molecule has 3 aromatic rings. The molecular formula is C29H34N6O6. The molecule has 1 aliphatic rings. The fraction of sp³-hybridized carbons (Fsp3) is 0.414. The van der Waals surface area contributed by atoms with Crippen LogP contribution in [0.4, 0.5) is 16.3 Å². The van der Waals surface area contributed by atoms with E-state index >= 15 is 0 Å². The minimum Gasteiger partial charge on any atom is -0.449 e. The molecular weight excluding hydrogens is 528 g/mol. The van der Waals surface area contributed by atoms with Crippen LogP contribution in [0, 0.1) is 11.3 Å². The third kappa shape index (κ3) is 7.07. The summed E-state index contributed by atoms with van der Waals surface area (Å²) in [5.41, 5.74) is 2.78. The standard InChI is InChI=1S/C29H34N6O6/c1-18(17-38-2)32-23-13-24(31-15-21(23)14-30)33-27(36)22-9-7-8-19-12-20(16-35-10-5-6-11-41-29(35)37)26(34-25(19)22)28(39-3)40-4/h7-9,12-13,15,18,28H,5-6,10-11,16-17H2,1-4H3,(H2,31,32,33,36)/t18-/m0/s1. The molecule has 0 bridgehead atoms. The van der Waals surface area contributed by atoms with Crippen molar-refractivity contribution < 1.29 is 28.5 Å². The Bertz CT molecular complexity index is 1440. The number of hydrogen-bond acceptors (Lipinski definition) is 10. The molecule has 2 aromatic heterocycles. The molecule has 12 nitrogen and oxygen atoms in total. The molecule has 2 amide bonds. The maximum Gasteiger partial charge on any atom is 0.410 e. The van der Waals surface area contributed by atoms with Gasteiger partial charge in [-0.3, -0.25) is 4.79 Å². The summed E-state index contributed by atoms with van der Waals surface area (Å²) >= 11 is 0. The minimum absolute atomic E-state index is 0.0707. The van der Waals surface area contributed by atoms with Gasteiger partial charge in [0, 0.05) is 51.6 Å². The number of amides is 2. The first-order valence-corrected chi connectivity index (χ1v) is 13.2. The monoisotopic (exact) mass is 562 g/mol. The van der Waals surface area contributed by atoms with Gasteiger partial charge in [0.15, 0.2) is 0 Å². The van der Waals surface area contributed by atoms with Gasteiger partial charge in [0.1, 0.15) is 17.6 Å². The number of cyclic esters (lactones) is 1. The molecule has 0 unspecified atom stereocenters. The van der Waals surface area contributed by atoms with Crippen molar-refractivity contribution in [2.75, 3.05) is 51.7 Å². The van der Waals surface area contributed by atoms with Crippen LogP contribution in [0.5, 0.6) is 0 Å². The summed E-state index contributed by atoms with van der Waals surface area (Å²) in [5, 5.41) is 16.2. The van der Waals surface area contributed by atoms with Gasteiger partial charge in [-0.15, -0.1) is 0 Å². The molecule has 41 heavy (non-hydrogen) atoms. The zero-order valence-electron chi connectivity index (χ0n) is 23.6. The number of pyridine rings is 2. The van der Waals surface area contributed by atoms with Gasteiger partial charge in [-0.05, 0) is 37.5 Å². The number of carbonyl (C=O) groups is 2. The lowest BCUT2D eigenvalue weighted by molar-refractivity contribution is -0.109. The van der Waals surface area contributed by atoms with Crippen molar-refractivity contribution in [1.29, 1.82) is 5.26 Å². The topological polar surface area (TPSA) is 148 Å². The Kier molecular flexibility index (Phi) is 10.0. The summed E-state index contributed by atoms with van der Waals surface area (Å²) in [4.78, 5) is 36.7. The largest absolute Gasteiger partial charge is 0.449 e. The first-order chi connectivity index (χ1) is 19.9. The van der Waals surface area contributed by atoms with Gasteiger partial charge in [-0.25, -0.2) is 14.8 Å². The summed E-state index contributed by atoms with van der Waals surface area (Å²) in [7, 11) is 4.59. The lowest BCUT2D eigenvalue weighted by Gasteiger charge is -2.23. The first kappa shape index (κ1) is 29.7. The van der Waals surface area contributed by atoms with Crippen LogP contribution >= 0.6 is 0 Å². The molecule has 1 aliphatic heterocycles. The number of carbonyl (C=O) groups excluding carboxylic acids is 2. The van der Waals surface area contributed by atoms with Crippen molar-refractivity contribution >= 4 is 34.4 Å². The summed E-state index contributed by atoms with van der Waals surface area (Å²) in [5.74, 6) is -0.168. The summed E-state index contributed by atoms with van der Waals surface area (Å²) in [6, 6.07) is 10.8. The van der Waals surface area contributed by atoms with Crippen LogP contribution in [0.2, 0.25) is 0 Å². The second kappa shape index (κ2) is 13.8. The molecule has 1 atom stereocenters. The van der Waals surface area contributed by atoms with Crippen molar-refractivity contribution in [1.82, 2.24) is 14.9 Å². The van der Waals surface area contributed by atoms with E-state index in [1.165, 1.54) is 20.4 Å². The van der Waals surface area contributed by atoms with Crippen LogP contribution in [-0.2, 0) is 25.5 Å². The molecule has 0 saturated carbocycles. The number of nitrogens with zero attached hydrogens (tertiary/aromatic N) is 4. The highest BCUT2D eigenvalue weighted by molar-refractivity contribution is 6.11. The summed E-state index contributed by atoms with van der Waals surface area (Å²) in [6.45, 7) is 3.56. The van der Waals surface area contributed by atoms with E-state index in [2.05, 4.69) is 21.7 Å². The zero-order chi connectivity index (χ0) is 29.4. The van der Waals surface area contributed by atoms with Crippen LogP contribution < -0.4 is 10.6 Å². The smallest absolute Gasteiger partial charge is 0.410 e. The number of nitrogens with one attached hydrogen (secondary N) is 2. The molecule has 0 spiro atoms. The summed E-state index contributed by atoms with van der Waals surface area (Å²) < 4.78 is 21.5. The van der Waals surface area contributed by atoms with E-state index in [9.17, 15) is 14.9 Å². The van der Waals surface area contributed by atoms with E-state index in [0.29, 0.717) is 53.2 Å². The van der Waals surface area contributed by atoms with Crippen LogP contribution in [0.1, 0.15) is 53.2 Å². The molecule has 1 saturated heterocycles. The number of anilines is 2. The van der Waals surface area contributed by atoms with Gasteiger partial charge in [-0.1, -0.05) is 12.1 Å². The Labute approximate surface area is 238 Å². The Morgan fingerprint density at radius 3 is 2.76 bits per heavy atom. The summed E-state index contributed by atoms with van der Waals surface area (Å²) in [6.07, 6.45) is 1.83. The van der Waals surface area contributed by atoms with Gasteiger partial charge in [-0.2, -0.15) is 5.26 Å². The lowest BCUT2D eigenvalue weighted by atomic mass is 10.0. The third-order valence-corrected chi connectivity index (χ3v) is 6.61. The molecule has 216 valence electrons. The number of hydrogen-bond donors (Lipinski definition) is 2. The number of fused-ring (bicyclic) bond motifs is 1. The molecule has 1 aromatic carbocycles. The second-order valence-electron chi connectivity index (χ2n) is 9.64. The van der Waals surface area contributed by atoms with E-state index in [0.717, 1.165) is 18.4 Å². The highest BCUT2D eigenvalue weighted by Gasteiger charge is 2.25. The van der Waals surface area contributed by atoms with Gasteiger partial charge in [0.2, 0.25) is 6.29 Å². The van der Waals surface area contributed by atoms with E-state index in [1.54, 1.807) is 30.2 Å². The fourth-order valence-corrected chi connectivity index (χ4v) is 4.66. The number of aromatic nitrogens is 2. The maximum atomic E-state index is 13.5. The van der Waals surface area contributed by atoms with E-state index in [4.69, 9.17) is 23.9 Å². The van der Waals surface area contributed by atoms with Crippen molar-refractivity contribution in [2.24, 2.45) is 0 Å². The van der Waals surface area contributed by atoms with Gasteiger partial charge < -0.3 is 34.5 Å².